The standard InChI is InChI=1S/C21H29N3O2S/c1-14-11-18(16(3)24(14)17-6-7-17)21(25)22-12-19(20-5-4-10-27-20)23-8-9-26-15(2)13-23/h4-5,10-11,15,17,19H,6-9,12-13H2,1-3H3,(H,22,25). The largest absolute Gasteiger partial charge is 0.376 e. The van der Waals surface area contributed by atoms with Gasteiger partial charge in [-0.15, -0.1) is 11.3 Å². The van der Waals surface area contributed by atoms with Crippen molar-refractivity contribution in [3.8, 4) is 0 Å². The van der Waals surface area contributed by atoms with E-state index >= 15 is 0 Å². The highest BCUT2D eigenvalue weighted by molar-refractivity contribution is 7.10. The van der Waals surface area contributed by atoms with Crippen molar-refractivity contribution in [3.05, 3.63) is 45.4 Å². The van der Waals surface area contributed by atoms with Crippen molar-refractivity contribution in [3.63, 3.8) is 0 Å². The number of nitrogens with one attached hydrogen (secondary N) is 1. The Morgan fingerprint density at radius 1 is 1.41 bits per heavy atom. The van der Waals surface area contributed by atoms with E-state index in [1.807, 2.05) is 6.07 Å². The molecule has 0 radical (unpaired) electrons. The molecular weight excluding hydrogens is 358 g/mol. The van der Waals surface area contributed by atoms with Crippen molar-refractivity contribution < 1.29 is 9.53 Å². The van der Waals surface area contributed by atoms with Crippen LogP contribution in [0.4, 0.5) is 0 Å². The molecule has 2 aromatic rings. The molecule has 0 bridgehead atoms. The third-order valence-electron chi connectivity index (χ3n) is 5.68. The number of morpholine rings is 1. The molecule has 1 amide bonds. The first kappa shape index (κ1) is 18.7. The van der Waals surface area contributed by atoms with Gasteiger partial charge < -0.3 is 14.6 Å². The molecule has 0 aromatic carbocycles. The summed E-state index contributed by atoms with van der Waals surface area (Å²) < 4.78 is 8.03. The Morgan fingerprint density at radius 2 is 2.22 bits per heavy atom. The SMILES string of the molecule is Cc1cc(C(=O)NCC(c2cccs2)N2CCOC(C)C2)c(C)n1C1CC1. The van der Waals surface area contributed by atoms with Crippen molar-refractivity contribution in [2.75, 3.05) is 26.2 Å². The molecule has 2 unspecified atom stereocenters. The second-order valence-corrected chi connectivity index (χ2v) is 8.78. The van der Waals surface area contributed by atoms with Crippen molar-refractivity contribution in [2.24, 2.45) is 0 Å². The van der Waals surface area contributed by atoms with Gasteiger partial charge in [-0.3, -0.25) is 9.69 Å². The fourth-order valence-corrected chi connectivity index (χ4v) is 5.07. The molecule has 4 rings (SSSR count). The zero-order chi connectivity index (χ0) is 19.0. The molecule has 1 saturated heterocycles. The van der Waals surface area contributed by atoms with Crippen LogP contribution in [0.5, 0.6) is 0 Å². The van der Waals surface area contributed by atoms with E-state index in [2.05, 4.69) is 53.1 Å². The average Bonchev–Trinajstić information content (AvgIpc) is 3.22. The third kappa shape index (κ3) is 3.98. The van der Waals surface area contributed by atoms with E-state index in [-0.39, 0.29) is 18.1 Å². The summed E-state index contributed by atoms with van der Waals surface area (Å²) in [6.45, 7) is 9.46. The molecule has 6 heteroatoms. The molecule has 1 N–H and O–H groups in total. The lowest BCUT2D eigenvalue weighted by atomic mass is 10.1. The van der Waals surface area contributed by atoms with Gasteiger partial charge in [-0.05, 0) is 51.1 Å². The van der Waals surface area contributed by atoms with Gasteiger partial charge in [0.15, 0.2) is 0 Å². The molecule has 0 spiro atoms. The molecule has 3 heterocycles. The molecule has 146 valence electrons. The number of thiophene rings is 1. The molecule has 1 aliphatic carbocycles. The van der Waals surface area contributed by atoms with E-state index in [0.29, 0.717) is 12.6 Å². The molecule has 5 nitrogen and oxygen atoms in total. The summed E-state index contributed by atoms with van der Waals surface area (Å²) in [6, 6.07) is 7.09. The van der Waals surface area contributed by atoms with Gasteiger partial charge in [-0.2, -0.15) is 0 Å². The van der Waals surface area contributed by atoms with Crippen LogP contribution in [0.2, 0.25) is 0 Å². The number of hydrogen-bond acceptors (Lipinski definition) is 4. The van der Waals surface area contributed by atoms with Crippen molar-refractivity contribution >= 4 is 17.2 Å². The fraction of sp³-hybridized carbons (Fsp3) is 0.571. The second kappa shape index (κ2) is 7.78. The number of aryl methyl sites for hydroxylation is 1. The molecule has 1 aliphatic heterocycles. The van der Waals surface area contributed by atoms with Gasteiger partial charge in [0, 0.05) is 41.9 Å². The van der Waals surface area contributed by atoms with Gasteiger partial charge >= 0.3 is 0 Å². The monoisotopic (exact) mass is 387 g/mol. The minimum absolute atomic E-state index is 0.0397. The summed E-state index contributed by atoms with van der Waals surface area (Å²) in [5.74, 6) is 0.0397. The first-order chi connectivity index (χ1) is 13.0. The van der Waals surface area contributed by atoms with Crippen LogP contribution < -0.4 is 5.32 Å². The zero-order valence-electron chi connectivity index (χ0n) is 16.4. The van der Waals surface area contributed by atoms with Gasteiger partial charge in [0.25, 0.3) is 5.91 Å². The highest BCUT2D eigenvalue weighted by atomic mass is 32.1. The van der Waals surface area contributed by atoms with Gasteiger partial charge in [0.2, 0.25) is 0 Å². The number of carbonyl (C=O) groups excluding carboxylic acids is 1. The Labute approximate surface area is 165 Å². The Balaban J connectivity index is 1.47. The predicted octanol–water partition coefficient (Wildman–Crippen LogP) is 3.69. The smallest absolute Gasteiger partial charge is 0.253 e. The number of aromatic nitrogens is 1. The predicted molar refractivity (Wildman–Crippen MR) is 109 cm³/mol. The maximum atomic E-state index is 12.9. The molecule has 27 heavy (non-hydrogen) atoms. The molecular formula is C21H29N3O2S. The number of nitrogens with zero attached hydrogens (tertiary/aromatic N) is 2. The number of amides is 1. The van der Waals surface area contributed by atoms with Crippen LogP contribution in [0.3, 0.4) is 0 Å². The summed E-state index contributed by atoms with van der Waals surface area (Å²) in [5, 5.41) is 5.32. The van der Waals surface area contributed by atoms with Crippen LogP contribution >= 0.6 is 11.3 Å². The zero-order valence-corrected chi connectivity index (χ0v) is 17.2. The maximum absolute atomic E-state index is 12.9. The van der Waals surface area contributed by atoms with E-state index in [0.717, 1.165) is 31.0 Å². The summed E-state index contributed by atoms with van der Waals surface area (Å²) in [5.41, 5.74) is 3.11. The lowest BCUT2D eigenvalue weighted by molar-refractivity contribution is -0.0336. The van der Waals surface area contributed by atoms with Crippen molar-refractivity contribution in [1.82, 2.24) is 14.8 Å². The van der Waals surface area contributed by atoms with Crippen LogP contribution in [0.25, 0.3) is 0 Å². The second-order valence-electron chi connectivity index (χ2n) is 7.80. The molecule has 2 atom stereocenters. The van der Waals surface area contributed by atoms with Gasteiger partial charge in [0.05, 0.1) is 24.3 Å². The Morgan fingerprint density at radius 3 is 2.89 bits per heavy atom. The van der Waals surface area contributed by atoms with Crippen LogP contribution in [-0.4, -0.2) is 47.7 Å². The summed E-state index contributed by atoms with van der Waals surface area (Å²) in [4.78, 5) is 16.7. The summed E-state index contributed by atoms with van der Waals surface area (Å²) >= 11 is 1.76. The summed E-state index contributed by atoms with van der Waals surface area (Å²) in [6.07, 6.45) is 2.69. The Hall–Kier alpha value is -1.63. The van der Waals surface area contributed by atoms with Crippen LogP contribution in [-0.2, 0) is 4.74 Å². The minimum atomic E-state index is 0.0397. The average molecular weight is 388 g/mol. The van der Waals surface area contributed by atoms with Crippen LogP contribution in [0.1, 0.15) is 58.5 Å². The van der Waals surface area contributed by atoms with Crippen molar-refractivity contribution in [2.45, 2.75) is 51.8 Å². The number of ether oxygens (including phenoxy) is 1. The molecule has 2 aromatic heterocycles. The van der Waals surface area contributed by atoms with Gasteiger partial charge in [-0.1, -0.05) is 6.07 Å². The highest BCUT2D eigenvalue weighted by Crippen LogP contribution is 2.38. The third-order valence-corrected chi connectivity index (χ3v) is 6.66. The first-order valence-electron chi connectivity index (χ1n) is 9.90. The number of carbonyl (C=O) groups is 1. The highest BCUT2D eigenvalue weighted by Gasteiger charge is 2.30. The van der Waals surface area contributed by atoms with Crippen LogP contribution in [0, 0.1) is 13.8 Å². The number of hydrogen-bond donors (Lipinski definition) is 1. The van der Waals surface area contributed by atoms with Gasteiger partial charge in [-0.25, -0.2) is 0 Å². The normalized spacial score (nSPS) is 22.0. The fourth-order valence-electron chi connectivity index (χ4n) is 4.21. The number of rotatable bonds is 6. The van der Waals surface area contributed by atoms with Crippen molar-refractivity contribution in [1.29, 1.82) is 0 Å². The molecule has 1 saturated carbocycles. The Kier molecular flexibility index (Phi) is 5.39. The lowest BCUT2D eigenvalue weighted by Gasteiger charge is -2.37. The van der Waals surface area contributed by atoms with E-state index in [1.165, 1.54) is 23.4 Å². The van der Waals surface area contributed by atoms with Crippen LogP contribution in [0.15, 0.2) is 23.6 Å². The quantitative estimate of drug-likeness (QED) is 0.822. The maximum Gasteiger partial charge on any atom is 0.253 e. The molecule has 2 aliphatic rings. The molecule has 2 fully saturated rings. The summed E-state index contributed by atoms with van der Waals surface area (Å²) in [7, 11) is 0. The first-order valence-corrected chi connectivity index (χ1v) is 10.8. The van der Waals surface area contributed by atoms with E-state index < -0.39 is 0 Å². The van der Waals surface area contributed by atoms with Gasteiger partial charge in [0.1, 0.15) is 0 Å². The topological polar surface area (TPSA) is 46.5 Å². The minimum Gasteiger partial charge on any atom is -0.376 e. The van der Waals surface area contributed by atoms with E-state index in [1.54, 1.807) is 11.3 Å². The van der Waals surface area contributed by atoms with E-state index in [9.17, 15) is 4.79 Å². The lowest BCUT2D eigenvalue weighted by Crippen LogP contribution is -2.46. The Bertz CT molecular complexity index is 795. The van der Waals surface area contributed by atoms with E-state index in [4.69, 9.17) is 4.74 Å².